The molecule has 3 fully saturated rings. The van der Waals surface area contributed by atoms with Crippen molar-refractivity contribution in [1.82, 2.24) is 10.2 Å². The van der Waals surface area contributed by atoms with Crippen LogP contribution in [0, 0.1) is 0 Å². The van der Waals surface area contributed by atoms with Crippen LogP contribution in [0.25, 0.3) is 0 Å². The smallest absolute Gasteiger partial charge is 0.398 e. The van der Waals surface area contributed by atoms with Crippen LogP contribution in [-0.2, 0) is 19.7 Å². The van der Waals surface area contributed by atoms with Crippen LogP contribution < -0.4 is 5.32 Å². The van der Waals surface area contributed by atoms with Crippen molar-refractivity contribution in [1.29, 1.82) is 0 Å². The molecule has 150 valence electrons. The zero-order chi connectivity index (χ0) is 20.1. The van der Waals surface area contributed by atoms with E-state index >= 15 is 0 Å². The molecule has 1 aliphatic carbocycles. The lowest BCUT2D eigenvalue weighted by atomic mass is 9.94. The summed E-state index contributed by atoms with van der Waals surface area (Å²) in [4.78, 5) is 38.1. The molecule has 1 N–H and O–H groups in total. The Morgan fingerprint density at radius 3 is 2.50 bits per heavy atom. The van der Waals surface area contributed by atoms with E-state index in [2.05, 4.69) is 5.32 Å². The van der Waals surface area contributed by atoms with E-state index in [1.807, 2.05) is 0 Å². The van der Waals surface area contributed by atoms with Crippen LogP contribution in [0.5, 0.6) is 0 Å². The third-order valence-corrected chi connectivity index (χ3v) is 5.80. The van der Waals surface area contributed by atoms with E-state index in [1.165, 1.54) is 29.2 Å². The Hall–Kier alpha value is -2.58. The number of piperazine rings is 1. The minimum absolute atomic E-state index is 0.0429. The number of amides is 2. The molecular weight excluding hydrogens is 377 g/mol. The predicted molar refractivity (Wildman–Crippen MR) is 90.4 cm³/mol. The highest BCUT2D eigenvalue weighted by molar-refractivity contribution is 5.98. The number of fused-ring (bicyclic) bond motifs is 1. The van der Waals surface area contributed by atoms with Crippen molar-refractivity contribution in [2.24, 2.45) is 0 Å². The van der Waals surface area contributed by atoms with Crippen molar-refractivity contribution in [3.63, 3.8) is 0 Å². The van der Waals surface area contributed by atoms with Gasteiger partial charge in [-0.05, 0) is 43.4 Å². The van der Waals surface area contributed by atoms with Crippen molar-refractivity contribution >= 4 is 17.8 Å². The number of nitrogens with zero attached hydrogens (tertiary/aromatic N) is 1. The molecule has 0 unspecified atom stereocenters. The Morgan fingerprint density at radius 1 is 1.21 bits per heavy atom. The number of ether oxygens (including phenoxy) is 1. The number of benzene rings is 1. The van der Waals surface area contributed by atoms with Gasteiger partial charge in [0.15, 0.2) is 0 Å². The Balaban J connectivity index is 1.38. The summed E-state index contributed by atoms with van der Waals surface area (Å²) in [6.07, 6.45) is -2.86. The molecule has 0 bridgehead atoms. The second kappa shape index (κ2) is 6.49. The second-order valence-corrected chi connectivity index (χ2v) is 7.51. The SMILES string of the molecule is O=C(OC[C@@H]1NC(=O)[C@@H]2CCCN2C1=O)c1ccc(C2(C(F)(F)F)CC2)cc1. The van der Waals surface area contributed by atoms with Gasteiger partial charge in [-0.15, -0.1) is 0 Å². The van der Waals surface area contributed by atoms with Crippen LogP contribution in [0.4, 0.5) is 13.2 Å². The number of rotatable bonds is 4. The molecule has 2 amide bonds. The number of esters is 1. The highest BCUT2D eigenvalue weighted by Gasteiger charge is 2.64. The van der Waals surface area contributed by atoms with E-state index in [0.717, 1.165) is 6.42 Å². The molecule has 2 atom stereocenters. The fourth-order valence-electron chi connectivity index (χ4n) is 3.97. The van der Waals surface area contributed by atoms with Crippen molar-refractivity contribution in [2.45, 2.75) is 49.4 Å². The predicted octanol–water partition coefficient (Wildman–Crippen LogP) is 1.93. The summed E-state index contributed by atoms with van der Waals surface area (Å²) in [7, 11) is 0. The summed E-state index contributed by atoms with van der Waals surface area (Å²) >= 11 is 0. The highest BCUT2D eigenvalue weighted by atomic mass is 19.4. The fourth-order valence-corrected chi connectivity index (χ4v) is 3.97. The molecule has 28 heavy (non-hydrogen) atoms. The van der Waals surface area contributed by atoms with Gasteiger partial charge in [-0.25, -0.2) is 4.79 Å². The summed E-state index contributed by atoms with van der Waals surface area (Å²) in [6, 6.07) is 3.78. The number of alkyl halides is 3. The third-order valence-electron chi connectivity index (χ3n) is 5.80. The molecule has 9 heteroatoms. The molecule has 0 spiro atoms. The maximum atomic E-state index is 13.2. The van der Waals surface area contributed by atoms with Crippen LogP contribution in [0.15, 0.2) is 24.3 Å². The molecule has 2 heterocycles. The van der Waals surface area contributed by atoms with E-state index in [1.54, 1.807) is 0 Å². The number of carbonyl (C=O) groups is 3. The third kappa shape index (κ3) is 3.02. The Morgan fingerprint density at radius 2 is 1.89 bits per heavy atom. The Labute approximate surface area is 159 Å². The molecule has 2 saturated heterocycles. The molecule has 6 nitrogen and oxygen atoms in total. The first-order chi connectivity index (χ1) is 13.2. The topological polar surface area (TPSA) is 75.7 Å². The monoisotopic (exact) mass is 396 g/mol. The minimum atomic E-state index is -4.32. The largest absolute Gasteiger partial charge is 0.459 e. The molecule has 0 aromatic heterocycles. The van der Waals surface area contributed by atoms with Crippen molar-refractivity contribution in [3.05, 3.63) is 35.4 Å². The lowest BCUT2D eigenvalue weighted by molar-refractivity contribution is -0.160. The molecule has 1 aromatic carbocycles. The summed E-state index contributed by atoms with van der Waals surface area (Å²) in [5, 5.41) is 2.57. The normalized spacial score (nSPS) is 25.9. The minimum Gasteiger partial charge on any atom is -0.459 e. The number of halogens is 3. The van der Waals surface area contributed by atoms with Crippen LogP contribution >= 0.6 is 0 Å². The number of nitrogens with one attached hydrogen (secondary N) is 1. The van der Waals surface area contributed by atoms with E-state index in [9.17, 15) is 27.6 Å². The molecule has 2 aliphatic heterocycles. The maximum Gasteiger partial charge on any atom is 0.398 e. The van der Waals surface area contributed by atoms with Crippen LogP contribution in [0.2, 0.25) is 0 Å². The second-order valence-electron chi connectivity index (χ2n) is 7.51. The van der Waals surface area contributed by atoms with Gasteiger partial charge in [0.2, 0.25) is 11.8 Å². The molecule has 3 aliphatic rings. The molecular formula is C19H19F3N2O4. The van der Waals surface area contributed by atoms with E-state index in [4.69, 9.17) is 4.74 Å². The first-order valence-corrected chi connectivity index (χ1v) is 9.18. The lowest BCUT2D eigenvalue weighted by Crippen LogP contribution is -2.62. The van der Waals surface area contributed by atoms with Gasteiger partial charge in [-0.1, -0.05) is 12.1 Å². The Kier molecular flexibility index (Phi) is 4.35. The standard InChI is InChI=1S/C19H19F3N2O4/c20-19(21,22)18(7-8-18)12-5-3-11(4-6-12)17(27)28-10-13-16(26)24-9-1-2-14(24)15(25)23-13/h3-6,13-14H,1-2,7-10H2,(H,23,25)/t13-,14-/m0/s1. The highest BCUT2D eigenvalue weighted by Crippen LogP contribution is 2.58. The number of hydrogen-bond donors (Lipinski definition) is 1. The van der Waals surface area contributed by atoms with Crippen LogP contribution in [0.3, 0.4) is 0 Å². The van der Waals surface area contributed by atoms with Gasteiger partial charge >= 0.3 is 12.1 Å². The molecule has 0 radical (unpaired) electrons. The average Bonchev–Trinajstić information content (AvgIpc) is 3.34. The van der Waals surface area contributed by atoms with Gasteiger partial charge in [-0.2, -0.15) is 13.2 Å². The van der Waals surface area contributed by atoms with E-state index < -0.39 is 29.6 Å². The van der Waals surface area contributed by atoms with E-state index in [0.29, 0.717) is 13.0 Å². The molecule has 1 aromatic rings. The molecule has 1 saturated carbocycles. The number of carbonyl (C=O) groups excluding carboxylic acids is 3. The Bertz CT molecular complexity index is 817. The van der Waals surface area contributed by atoms with Gasteiger partial charge in [0, 0.05) is 6.54 Å². The zero-order valence-corrected chi connectivity index (χ0v) is 14.9. The molecule has 4 rings (SSSR count). The van der Waals surface area contributed by atoms with E-state index in [-0.39, 0.29) is 42.4 Å². The van der Waals surface area contributed by atoms with Gasteiger partial charge in [0.05, 0.1) is 11.0 Å². The lowest BCUT2D eigenvalue weighted by Gasteiger charge is -2.34. The van der Waals surface area contributed by atoms with Crippen molar-refractivity contribution in [2.75, 3.05) is 13.2 Å². The van der Waals surface area contributed by atoms with Crippen molar-refractivity contribution < 1.29 is 32.3 Å². The quantitative estimate of drug-likeness (QED) is 0.790. The summed E-state index contributed by atoms with van der Waals surface area (Å²) in [5.74, 6) is -1.30. The van der Waals surface area contributed by atoms with Crippen LogP contribution in [0.1, 0.15) is 41.6 Å². The van der Waals surface area contributed by atoms with Gasteiger partial charge in [-0.3, -0.25) is 9.59 Å². The zero-order valence-electron chi connectivity index (χ0n) is 14.9. The summed E-state index contributed by atoms with van der Waals surface area (Å²) in [6.45, 7) is 0.185. The fraction of sp³-hybridized carbons (Fsp3) is 0.526. The van der Waals surface area contributed by atoms with Crippen molar-refractivity contribution in [3.8, 4) is 0 Å². The van der Waals surface area contributed by atoms with Gasteiger partial charge in [0.1, 0.15) is 18.7 Å². The van der Waals surface area contributed by atoms with Gasteiger partial charge < -0.3 is 15.0 Å². The first-order valence-electron chi connectivity index (χ1n) is 9.18. The van der Waals surface area contributed by atoms with Gasteiger partial charge in [0.25, 0.3) is 0 Å². The summed E-state index contributed by atoms with van der Waals surface area (Å²) < 4.78 is 44.6. The maximum absolute atomic E-state index is 13.2. The first kappa shape index (κ1) is 18.8. The summed E-state index contributed by atoms with van der Waals surface area (Å²) in [5.41, 5.74) is -1.58. The number of hydrogen-bond acceptors (Lipinski definition) is 4. The van der Waals surface area contributed by atoms with Crippen LogP contribution in [-0.4, -0.2) is 54.1 Å². The average molecular weight is 396 g/mol.